The third-order valence-electron chi connectivity index (χ3n) is 3.91. The minimum Gasteiger partial charge on any atom is -0.497 e. The Bertz CT molecular complexity index is 778. The summed E-state index contributed by atoms with van der Waals surface area (Å²) >= 11 is 0. The van der Waals surface area contributed by atoms with Crippen LogP contribution in [0, 0.1) is 5.82 Å². The molecule has 1 heterocycles. The fourth-order valence-corrected chi connectivity index (χ4v) is 2.73. The van der Waals surface area contributed by atoms with Crippen LogP contribution in [0.1, 0.15) is 16.8 Å². The Morgan fingerprint density at radius 3 is 2.79 bits per heavy atom. The number of hydrogen-bond acceptors (Lipinski definition) is 3. The number of carbonyl (C=O) groups excluding carboxylic acids is 2. The second kappa shape index (κ2) is 6.70. The van der Waals surface area contributed by atoms with Crippen molar-refractivity contribution in [2.24, 2.45) is 0 Å². The van der Waals surface area contributed by atoms with Gasteiger partial charge in [0.25, 0.3) is 5.91 Å². The van der Waals surface area contributed by atoms with Gasteiger partial charge in [-0.1, -0.05) is 12.1 Å². The van der Waals surface area contributed by atoms with Crippen LogP contribution in [0.5, 0.6) is 5.75 Å². The normalized spacial score (nSPS) is 17.0. The van der Waals surface area contributed by atoms with Crippen molar-refractivity contribution in [3.63, 3.8) is 0 Å². The molecule has 0 saturated carbocycles. The van der Waals surface area contributed by atoms with Gasteiger partial charge in [0.05, 0.1) is 13.2 Å². The molecule has 5 nitrogen and oxygen atoms in total. The predicted octanol–water partition coefficient (Wildman–Crippen LogP) is 2.37. The van der Waals surface area contributed by atoms with Gasteiger partial charge in [0.1, 0.15) is 11.6 Å². The summed E-state index contributed by atoms with van der Waals surface area (Å²) in [7, 11) is 1.53. The SMILES string of the molecule is COc1cccc(C(=O)N[C@H]2CC(=O)N(c3cccc(F)c3)C2)c1. The van der Waals surface area contributed by atoms with E-state index in [1.165, 1.54) is 24.1 Å². The molecule has 24 heavy (non-hydrogen) atoms. The predicted molar refractivity (Wildman–Crippen MR) is 87.6 cm³/mol. The molecule has 1 aliphatic rings. The molecule has 3 rings (SSSR count). The number of carbonyl (C=O) groups is 2. The molecule has 0 aliphatic carbocycles. The second-order valence-corrected chi connectivity index (χ2v) is 5.59. The molecular weight excluding hydrogens is 311 g/mol. The Morgan fingerprint density at radius 1 is 1.25 bits per heavy atom. The second-order valence-electron chi connectivity index (χ2n) is 5.59. The van der Waals surface area contributed by atoms with Crippen molar-refractivity contribution in [2.45, 2.75) is 12.5 Å². The number of ether oxygens (including phenoxy) is 1. The smallest absolute Gasteiger partial charge is 0.251 e. The van der Waals surface area contributed by atoms with Gasteiger partial charge < -0.3 is 15.0 Å². The van der Waals surface area contributed by atoms with Crippen LogP contribution in [0.15, 0.2) is 48.5 Å². The van der Waals surface area contributed by atoms with E-state index in [-0.39, 0.29) is 24.3 Å². The van der Waals surface area contributed by atoms with Gasteiger partial charge >= 0.3 is 0 Å². The third kappa shape index (κ3) is 3.37. The monoisotopic (exact) mass is 328 g/mol. The van der Waals surface area contributed by atoms with E-state index in [9.17, 15) is 14.0 Å². The van der Waals surface area contributed by atoms with Crippen molar-refractivity contribution < 1.29 is 18.7 Å². The zero-order valence-corrected chi connectivity index (χ0v) is 13.2. The number of nitrogens with zero attached hydrogens (tertiary/aromatic N) is 1. The molecule has 0 bridgehead atoms. The fraction of sp³-hybridized carbons (Fsp3) is 0.222. The highest BCUT2D eigenvalue weighted by atomic mass is 19.1. The summed E-state index contributed by atoms with van der Waals surface area (Å²) in [5.74, 6) is -0.222. The quantitative estimate of drug-likeness (QED) is 0.937. The highest BCUT2D eigenvalue weighted by Gasteiger charge is 2.31. The van der Waals surface area contributed by atoms with Crippen molar-refractivity contribution in [2.75, 3.05) is 18.6 Å². The molecule has 1 atom stereocenters. The summed E-state index contributed by atoms with van der Waals surface area (Å²) in [5.41, 5.74) is 0.962. The molecule has 0 radical (unpaired) electrons. The number of halogens is 1. The van der Waals surface area contributed by atoms with Crippen LogP contribution in [0.3, 0.4) is 0 Å². The standard InChI is InChI=1S/C18H17FN2O3/c1-24-16-7-2-4-12(8-16)18(23)20-14-10-17(22)21(11-14)15-6-3-5-13(19)9-15/h2-9,14H,10-11H2,1H3,(H,20,23)/t14-/m0/s1. The third-order valence-corrected chi connectivity index (χ3v) is 3.91. The summed E-state index contributed by atoms with van der Waals surface area (Å²) in [4.78, 5) is 25.9. The first-order valence-corrected chi connectivity index (χ1v) is 7.57. The molecule has 2 amide bonds. The Hall–Kier alpha value is -2.89. The Balaban J connectivity index is 1.68. The van der Waals surface area contributed by atoms with E-state index in [0.29, 0.717) is 23.5 Å². The molecule has 0 spiro atoms. The Kier molecular flexibility index (Phi) is 4.46. The van der Waals surface area contributed by atoms with Crippen LogP contribution >= 0.6 is 0 Å². The number of hydrogen-bond donors (Lipinski definition) is 1. The zero-order valence-electron chi connectivity index (χ0n) is 13.2. The van der Waals surface area contributed by atoms with Crippen LogP contribution in [-0.4, -0.2) is 31.5 Å². The van der Waals surface area contributed by atoms with Gasteiger partial charge in [-0.3, -0.25) is 9.59 Å². The van der Waals surface area contributed by atoms with Crippen LogP contribution in [0.2, 0.25) is 0 Å². The molecule has 6 heteroatoms. The molecule has 1 saturated heterocycles. The van der Waals surface area contributed by atoms with Crippen molar-refractivity contribution in [1.29, 1.82) is 0 Å². The number of anilines is 1. The molecule has 1 fully saturated rings. The van der Waals surface area contributed by atoms with Crippen LogP contribution in [0.4, 0.5) is 10.1 Å². The topological polar surface area (TPSA) is 58.6 Å². The van der Waals surface area contributed by atoms with Crippen molar-refractivity contribution in [3.8, 4) is 5.75 Å². The molecule has 0 unspecified atom stereocenters. The van der Waals surface area contributed by atoms with Gasteiger partial charge in [-0.2, -0.15) is 0 Å². The average Bonchev–Trinajstić information content (AvgIpc) is 2.95. The van der Waals surface area contributed by atoms with Gasteiger partial charge in [0.2, 0.25) is 5.91 Å². The lowest BCUT2D eigenvalue weighted by molar-refractivity contribution is -0.117. The maximum Gasteiger partial charge on any atom is 0.251 e. The van der Waals surface area contributed by atoms with Crippen molar-refractivity contribution >= 4 is 17.5 Å². The van der Waals surface area contributed by atoms with Crippen LogP contribution in [-0.2, 0) is 4.79 Å². The van der Waals surface area contributed by atoms with Crippen molar-refractivity contribution in [3.05, 3.63) is 59.9 Å². The maximum absolute atomic E-state index is 13.3. The summed E-state index contributed by atoms with van der Waals surface area (Å²) in [5, 5.41) is 2.84. The number of benzene rings is 2. The van der Waals surface area contributed by atoms with E-state index >= 15 is 0 Å². The summed E-state index contributed by atoms with van der Waals surface area (Å²) in [6.07, 6.45) is 0.187. The lowest BCUT2D eigenvalue weighted by atomic mass is 10.1. The molecule has 2 aromatic carbocycles. The van der Waals surface area contributed by atoms with E-state index in [4.69, 9.17) is 4.74 Å². The average molecular weight is 328 g/mol. The van der Waals surface area contributed by atoms with Crippen molar-refractivity contribution in [1.82, 2.24) is 5.32 Å². The number of amides is 2. The molecule has 0 aromatic heterocycles. The van der Waals surface area contributed by atoms with E-state index < -0.39 is 5.82 Å². The Morgan fingerprint density at radius 2 is 2.04 bits per heavy atom. The molecule has 1 aliphatic heterocycles. The first-order valence-electron chi connectivity index (χ1n) is 7.57. The fourth-order valence-electron chi connectivity index (χ4n) is 2.73. The molecule has 124 valence electrons. The minimum atomic E-state index is -0.399. The number of methoxy groups -OCH3 is 1. The number of nitrogens with one attached hydrogen (secondary N) is 1. The highest BCUT2D eigenvalue weighted by Crippen LogP contribution is 2.22. The van der Waals surface area contributed by atoms with Gasteiger partial charge in [-0.05, 0) is 36.4 Å². The summed E-state index contributed by atoms with van der Waals surface area (Å²) < 4.78 is 18.4. The lowest BCUT2D eigenvalue weighted by Gasteiger charge is -2.17. The van der Waals surface area contributed by atoms with Crippen LogP contribution in [0.25, 0.3) is 0 Å². The molecular formula is C18H17FN2O3. The number of rotatable bonds is 4. The van der Waals surface area contributed by atoms with Gasteiger partial charge in [-0.25, -0.2) is 4.39 Å². The zero-order chi connectivity index (χ0) is 17.1. The summed E-state index contributed by atoms with van der Waals surface area (Å²) in [6, 6.07) is 12.3. The first kappa shape index (κ1) is 16.0. The molecule has 1 N–H and O–H groups in total. The van der Waals surface area contributed by atoms with Gasteiger partial charge in [0, 0.05) is 24.2 Å². The van der Waals surface area contributed by atoms with E-state index in [2.05, 4.69) is 5.32 Å². The van der Waals surface area contributed by atoms with E-state index in [0.717, 1.165) is 0 Å². The minimum absolute atomic E-state index is 0.142. The Labute approximate surface area is 139 Å². The lowest BCUT2D eigenvalue weighted by Crippen LogP contribution is -2.37. The van der Waals surface area contributed by atoms with Gasteiger partial charge in [-0.15, -0.1) is 0 Å². The van der Waals surface area contributed by atoms with E-state index in [1.807, 2.05) is 0 Å². The maximum atomic E-state index is 13.3. The summed E-state index contributed by atoms with van der Waals surface area (Å²) in [6.45, 7) is 0.317. The molecule has 2 aromatic rings. The van der Waals surface area contributed by atoms with Crippen LogP contribution < -0.4 is 15.0 Å². The van der Waals surface area contributed by atoms with Gasteiger partial charge in [0.15, 0.2) is 0 Å². The first-order chi connectivity index (χ1) is 11.6. The highest BCUT2D eigenvalue weighted by molar-refractivity contribution is 5.99. The van der Waals surface area contributed by atoms with E-state index in [1.54, 1.807) is 36.4 Å². The largest absolute Gasteiger partial charge is 0.497 e.